The number of aryl methyl sites for hydroxylation is 2. The Morgan fingerprint density at radius 2 is 1.48 bits per heavy atom. The summed E-state index contributed by atoms with van der Waals surface area (Å²) in [6.07, 6.45) is 1.00. The standard InChI is InChI=1S/C22H29N3O2/c1-5-18-8-10-19(11-9-18)14-25(4)22(27)16-24(3)15-21(26)23-20-12-6-17(2)7-13-20/h6-13H,5,14-16H2,1-4H3,(H,23,26). The van der Waals surface area contributed by atoms with Crippen LogP contribution in [0.2, 0.25) is 0 Å². The molecule has 0 aliphatic carbocycles. The molecule has 0 spiro atoms. The van der Waals surface area contributed by atoms with Gasteiger partial charge in [-0.3, -0.25) is 14.5 Å². The van der Waals surface area contributed by atoms with Gasteiger partial charge in [0, 0.05) is 19.3 Å². The first kappa shape index (κ1) is 20.6. The van der Waals surface area contributed by atoms with E-state index in [1.165, 1.54) is 5.56 Å². The summed E-state index contributed by atoms with van der Waals surface area (Å²) in [5, 5.41) is 2.85. The lowest BCUT2D eigenvalue weighted by molar-refractivity contribution is -0.131. The first-order valence-corrected chi connectivity index (χ1v) is 9.24. The normalized spacial score (nSPS) is 10.7. The van der Waals surface area contributed by atoms with E-state index in [2.05, 4.69) is 36.5 Å². The van der Waals surface area contributed by atoms with Gasteiger partial charge in [0.05, 0.1) is 13.1 Å². The summed E-state index contributed by atoms with van der Waals surface area (Å²) in [4.78, 5) is 28.0. The van der Waals surface area contributed by atoms with Gasteiger partial charge in [-0.25, -0.2) is 0 Å². The van der Waals surface area contributed by atoms with Crippen molar-refractivity contribution >= 4 is 17.5 Å². The maximum atomic E-state index is 12.4. The monoisotopic (exact) mass is 367 g/mol. The van der Waals surface area contributed by atoms with Crippen LogP contribution in [0.1, 0.15) is 23.6 Å². The van der Waals surface area contributed by atoms with Crippen molar-refractivity contribution in [2.45, 2.75) is 26.8 Å². The van der Waals surface area contributed by atoms with Gasteiger partial charge < -0.3 is 10.2 Å². The van der Waals surface area contributed by atoms with E-state index in [0.717, 1.165) is 23.2 Å². The molecule has 2 rings (SSSR count). The summed E-state index contributed by atoms with van der Waals surface area (Å²) in [5.74, 6) is -0.146. The molecule has 0 saturated heterocycles. The third-order valence-corrected chi connectivity index (χ3v) is 4.43. The lowest BCUT2D eigenvalue weighted by Crippen LogP contribution is -2.39. The minimum atomic E-state index is -0.132. The third-order valence-electron chi connectivity index (χ3n) is 4.43. The molecule has 0 aliphatic rings. The molecule has 0 saturated carbocycles. The van der Waals surface area contributed by atoms with Gasteiger partial charge in [0.1, 0.15) is 0 Å². The number of hydrogen-bond acceptors (Lipinski definition) is 3. The number of amides is 2. The molecule has 27 heavy (non-hydrogen) atoms. The molecule has 2 amide bonds. The molecule has 0 bridgehead atoms. The van der Waals surface area contributed by atoms with Gasteiger partial charge in [-0.05, 0) is 43.7 Å². The first-order valence-electron chi connectivity index (χ1n) is 9.24. The molecule has 0 radical (unpaired) electrons. The highest BCUT2D eigenvalue weighted by molar-refractivity contribution is 5.92. The summed E-state index contributed by atoms with van der Waals surface area (Å²) < 4.78 is 0. The Labute approximate surface area is 162 Å². The number of carbonyl (C=O) groups is 2. The average molecular weight is 367 g/mol. The molecule has 0 fully saturated rings. The predicted octanol–water partition coefficient (Wildman–Crippen LogP) is 3.09. The number of likely N-dealkylation sites (N-methyl/N-ethyl adjacent to an activating group) is 2. The lowest BCUT2D eigenvalue weighted by Gasteiger charge is -2.22. The number of benzene rings is 2. The molecule has 5 nitrogen and oxygen atoms in total. The molecule has 0 heterocycles. The van der Waals surface area contributed by atoms with Crippen LogP contribution >= 0.6 is 0 Å². The van der Waals surface area contributed by atoms with Crippen LogP contribution in [0.15, 0.2) is 48.5 Å². The quantitative estimate of drug-likeness (QED) is 0.780. The van der Waals surface area contributed by atoms with E-state index in [-0.39, 0.29) is 24.9 Å². The van der Waals surface area contributed by atoms with Crippen LogP contribution < -0.4 is 5.32 Å². The third kappa shape index (κ3) is 6.87. The van der Waals surface area contributed by atoms with Gasteiger partial charge in [0.2, 0.25) is 11.8 Å². The van der Waals surface area contributed by atoms with Crippen molar-refractivity contribution in [2.24, 2.45) is 0 Å². The van der Waals surface area contributed by atoms with Crippen LogP contribution in [-0.4, -0.2) is 48.8 Å². The topological polar surface area (TPSA) is 52.7 Å². The van der Waals surface area contributed by atoms with E-state index < -0.39 is 0 Å². The van der Waals surface area contributed by atoms with E-state index in [1.54, 1.807) is 23.9 Å². The maximum Gasteiger partial charge on any atom is 0.238 e. The highest BCUT2D eigenvalue weighted by Crippen LogP contribution is 2.09. The highest BCUT2D eigenvalue weighted by Gasteiger charge is 2.14. The average Bonchev–Trinajstić information content (AvgIpc) is 2.64. The minimum absolute atomic E-state index is 0.0137. The molecular formula is C22H29N3O2. The molecule has 2 aromatic rings. The second-order valence-corrected chi connectivity index (χ2v) is 7.01. The maximum absolute atomic E-state index is 12.4. The van der Waals surface area contributed by atoms with Crippen LogP contribution in [0.5, 0.6) is 0 Å². The molecule has 0 atom stereocenters. The van der Waals surface area contributed by atoms with Gasteiger partial charge in [0.15, 0.2) is 0 Å². The van der Waals surface area contributed by atoms with Crippen LogP contribution in [0, 0.1) is 6.92 Å². The Hall–Kier alpha value is -2.66. The second-order valence-electron chi connectivity index (χ2n) is 7.01. The smallest absolute Gasteiger partial charge is 0.238 e. The van der Waals surface area contributed by atoms with Gasteiger partial charge >= 0.3 is 0 Å². The van der Waals surface area contributed by atoms with E-state index in [1.807, 2.05) is 31.2 Å². The number of rotatable bonds is 8. The molecule has 144 valence electrons. The summed E-state index contributed by atoms with van der Waals surface area (Å²) in [6.45, 7) is 5.05. The molecule has 0 aromatic heterocycles. The van der Waals surface area contributed by atoms with Crippen LogP contribution in [0.25, 0.3) is 0 Å². The summed E-state index contributed by atoms with van der Waals surface area (Å²) in [7, 11) is 3.56. The van der Waals surface area contributed by atoms with E-state index in [4.69, 9.17) is 0 Å². The fraction of sp³-hybridized carbons (Fsp3) is 0.364. The number of nitrogens with zero attached hydrogens (tertiary/aromatic N) is 2. The van der Waals surface area contributed by atoms with E-state index in [0.29, 0.717) is 6.54 Å². The van der Waals surface area contributed by atoms with E-state index in [9.17, 15) is 9.59 Å². The Morgan fingerprint density at radius 1 is 0.889 bits per heavy atom. The largest absolute Gasteiger partial charge is 0.340 e. The van der Waals surface area contributed by atoms with Crippen molar-refractivity contribution in [2.75, 3.05) is 32.5 Å². The van der Waals surface area contributed by atoms with Crippen molar-refractivity contribution in [3.63, 3.8) is 0 Å². The lowest BCUT2D eigenvalue weighted by atomic mass is 10.1. The Bertz CT molecular complexity index is 754. The summed E-state index contributed by atoms with van der Waals surface area (Å²) >= 11 is 0. The molecule has 0 unspecified atom stereocenters. The molecule has 5 heteroatoms. The first-order chi connectivity index (χ1) is 12.9. The second kappa shape index (κ2) is 9.88. The molecule has 2 aromatic carbocycles. The summed E-state index contributed by atoms with van der Waals surface area (Å²) in [5.41, 5.74) is 4.29. The van der Waals surface area contributed by atoms with Crippen molar-refractivity contribution in [3.05, 3.63) is 65.2 Å². The van der Waals surface area contributed by atoms with Gasteiger partial charge in [-0.15, -0.1) is 0 Å². The van der Waals surface area contributed by atoms with Crippen molar-refractivity contribution in [1.82, 2.24) is 9.80 Å². The fourth-order valence-corrected chi connectivity index (χ4v) is 2.73. The zero-order valence-electron chi connectivity index (χ0n) is 16.7. The molecule has 0 aliphatic heterocycles. The zero-order chi connectivity index (χ0) is 19.8. The van der Waals surface area contributed by atoms with Gasteiger partial charge in [-0.2, -0.15) is 0 Å². The van der Waals surface area contributed by atoms with Crippen LogP contribution in [0.4, 0.5) is 5.69 Å². The number of anilines is 1. The molecular weight excluding hydrogens is 338 g/mol. The van der Waals surface area contributed by atoms with Crippen LogP contribution in [0.3, 0.4) is 0 Å². The number of carbonyl (C=O) groups excluding carboxylic acids is 2. The Balaban J connectivity index is 1.79. The molecule has 1 N–H and O–H groups in total. The van der Waals surface area contributed by atoms with Gasteiger partial charge in [-0.1, -0.05) is 48.9 Å². The fourth-order valence-electron chi connectivity index (χ4n) is 2.73. The van der Waals surface area contributed by atoms with Crippen LogP contribution in [-0.2, 0) is 22.6 Å². The number of nitrogens with one attached hydrogen (secondary N) is 1. The Kier molecular flexibility index (Phi) is 7.55. The van der Waals surface area contributed by atoms with Crippen molar-refractivity contribution in [1.29, 1.82) is 0 Å². The van der Waals surface area contributed by atoms with Crippen molar-refractivity contribution in [3.8, 4) is 0 Å². The zero-order valence-corrected chi connectivity index (χ0v) is 16.7. The number of hydrogen-bond donors (Lipinski definition) is 1. The van der Waals surface area contributed by atoms with E-state index >= 15 is 0 Å². The summed E-state index contributed by atoms with van der Waals surface area (Å²) in [6, 6.07) is 15.9. The predicted molar refractivity (Wildman–Crippen MR) is 110 cm³/mol. The van der Waals surface area contributed by atoms with Gasteiger partial charge in [0.25, 0.3) is 0 Å². The SMILES string of the molecule is CCc1ccc(CN(C)C(=O)CN(C)CC(=O)Nc2ccc(C)cc2)cc1. The highest BCUT2D eigenvalue weighted by atomic mass is 16.2. The van der Waals surface area contributed by atoms with Crippen molar-refractivity contribution < 1.29 is 9.59 Å². The Morgan fingerprint density at radius 3 is 2.07 bits per heavy atom. The minimum Gasteiger partial charge on any atom is -0.340 e.